The van der Waals surface area contributed by atoms with Crippen LogP contribution in [0.3, 0.4) is 0 Å². The number of nitrogens with one attached hydrogen (secondary N) is 3. The summed E-state index contributed by atoms with van der Waals surface area (Å²) in [6, 6.07) is 20.9. The maximum absolute atomic E-state index is 12.0. The van der Waals surface area contributed by atoms with Gasteiger partial charge in [-0.2, -0.15) is 19.3 Å². The topological polar surface area (TPSA) is 288 Å². The Kier molecular flexibility index (Phi) is 19.0. The van der Waals surface area contributed by atoms with E-state index < -0.39 is 45.0 Å². The molecule has 0 amide bonds. The molecule has 0 aliphatic heterocycles. The van der Waals surface area contributed by atoms with Crippen molar-refractivity contribution >= 4 is 98.8 Å². The zero-order valence-corrected chi connectivity index (χ0v) is 40.3. The van der Waals surface area contributed by atoms with E-state index in [0.717, 1.165) is 12.1 Å². The third-order valence-electron chi connectivity index (χ3n) is 6.94. The van der Waals surface area contributed by atoms with Crippen molar-refractivity contribution in [1.82, 2.24) is 15.0 Å². The number of para-hydroxylation sites is 1. The number of nitrogens with zero attached hydrogens (tertiary/aromatic N) is 3. The summed E-state index contributed by atoms with van der Waals surface area (Å²) in [5, 5.41) is 22.6. The molecule has 264 valence electrons. The third-order valence-corrected chi connectivity index (χ3v) is 10.1. The molecule has 0 saturated heterocycles. The molecule has 3 N–H and O–H groups in total. The van der Waals surface area contributed by atoms with Crippen molar-refractivity contribution in [3.05, 3.63) is 91.0 Å². The van der Waals surface area contributed by atoms with Gasteiger partial charge in [0.25, 0.3) is 0 Å². The van der Waals surface area contributed by atoms with Gasteiger partial charge in [0.1, 0.15) is 30.4 Å². The van der Waals surface area contributed by atoms with Gasteiger partial charge in [-0.3, -0.25) is 5.04 Å². The van der Waals surface area contributed by atoms with Gasteiger partial charge in [-0.1, -0.05) is 30.3 Å². The second-order valence-electron chi connectivity index (χ2n) is 10.3. The molecule has 18 nitrogen and oxygen atoms in total. The Morgan fingerprint density at radius 2 is 0.982 bits per heavy atom. The number of anilines is 6. The Bertz CT molecular complexity index is 2670. The van der Waals surface area contributed by atoms with E-state index in [1.54, 1.807) is 30.3 Å². The largest absolute Gasteiger partial charge is 1.00 e. The van der Waals surface area contributed by atoms with Crippen LogP contribution >= 0.6 is 12.0 Å². The fraction of sp³-hybridized carbons (Fsp3) is 0. The van der Waals surface area contributed by atoms with Crippen LogP contribution in [0.5, 0.6) is 0 Å². The van der Waals surface area contributed by atoms with Crippen molar-refractivity contribution in [1.29, 1.82) is 0 Å². The monoisotopic (exact) mass is 862 g/mol. The molecule has 0 bridgehead atoms. The summed E-state index contributed by atoms with van der Waals surface area (Å²) in [7, 11) is -15.3. The van der Waals surface area contributed by atoms with Gasteiger partial charge in [-0.25, -0.2) is 25.3 Å². The van der Waals surface area contributed by atoms with Gasteiger partial charge in [0, 0.05) is 22.0 Å². The van der Waals surface area contributed by atoms with Crippen LogP contribution in [0.4, 0.5) is 34.9 Å². The molecule has 55 heavy (non-hydrogen) atoms. The van der Waals surface area contributed by atoms with E-state index in [0.29, 0.717) is 29.5 Å². The minimum absolute atomic E-state index is 0. The molecule has 0 fully saturated rings. The van der Waals surface area contributed by atoms with Crippen molar-refractivity contribution < 1.29 is 172 Å². The predicted molar refractivity (Wildman–Crippen MR) is 176 cm³/mol. The fourth-order valence-corrected chi connectivity index (χ4v) is 7.47. The molecular formula is C29H18N6Na4O12S4. The Morgan fingerprint density at radius 1 is 0.527 bits per heavy atom. The van der Waals surface area contributed by atoms with Crippen LogP contribution in [0.25, 0.3) is 21.5 Å². The number of hydrogen-bond donors (Lipinski definition) is 3. The summed E-state index contributed by atoms with van der Waals surface area (Å²) in [5.41, 5.74) is 1.09. The molecule has 0 atom stereocenters. The van der Waals surface area contributed by atoms with Gasteiger partial charge in [0.2, 0.25) is 17.8 Å². The molecule has 0 aliphatic carbocycles. The third kappa shape index (κ3) is 13.0. The molecule has 0 aliphatic rings. The van der Waals surface area contributed by atoms with Crippen LogP contribution in [0.15, 0.2) is 111 Å². The van der Waals surface area contributed by atoms with Crippen molar-refractivity contribution in [3.63, 3.8) is 0 Å². The van der Waals surface area contributed by atoms with Gasteiger partial charge in [-0.15, -0.1) is 0 Å². The summed E-state index contributed by atoms with van der Waals surface area (Å²) in [5.74, 6) is -0.130. The van der Waals surface area contributed by atoms with E-state index in [1.165, 1.54) is 42.5 Å². The first-order valence-electron chi connectivity index (χ1n) is 13.9. The summed E-state index contributed by atoms with van der Waals surface area (Å²) in [4.78, 5) is 10.8. The fourth-order valence-electron chi connectivity index (χ4n) is 4.88. The average Bonchev–Trinajstić information content (AvgIpc) is 3.05. The predicted octanol–water partition coefficient (Wildman–Crippen LogP) is -8.63. The number of aromatic nitrogens is 3. The number of fused-ring (bicyclic) bond motifs is 2. The van der Waals surface area contributed by atoms with E-state index in [-0.39, 0.29) is 168 Å². The normalized spacial score (nSPS) is 11.3. The van der Waals surface area contributed by atoms with Gasteiger partial charge < -0.3 is 34.9 Å². The zero-order chi connectivity index (χ0) is 36.6. The molecule has 0 unspecified atom stereocenters. The first kappa shape index (κ1) is 50.1. The maximum atomic E-state index is 12.0. The first-order chi connectivity index (χ1) is 24.1. The van der Waals surface area contributed by atoms with Crippen molar-refractivity contribution in [2.75, 3.05) is 16.0 Å². The zero-order valence-electron chi connectivity index (χ0n) is 29.0. The Labute approximate surface area is 406 Å². The molecule has 6 aromatic rings. The maximum Gasteiger partial charge on any atom is 1.00 e. The molecule has 6 rings (SSSR count). The summed E-state index contributed by atoms with van der Waals surface area (Å²) < 4.78 is 111. The molecule has 1 heterocycles. The SMILES string of the molecule is O=S(=O)([O-])c1cc(S(=O)(=O)[O-])c2ccc(Nc3nc(Nc4ccccc4)nc(Nc4ccc5c(S(=O)(=O)[O-])cc(SOO[O-])cc5c4)n3)cc2c1.[Na+].[Na+].[Na+].[Na+]. The quantitative estimate of drug-likeness (QED) is 0.0339. The van der Waals surface area contributed by atoms with E-state index in [9.17, 15) is 44.2 Å². The molecule has 1 aromatic heterocycles. The minimum Gasteiger partial charge on any atom is -0.744 e. The van der Waals surface area contributed by atoms with E-state index in [2.05, 4.69) is 40.3 Å². The second-order valence-corrected chi connectivity index (χ2v) is 15.2. The number of hydrogen-bond acceptors (Lipinski definition) is 19. The standard InChI is InChI=1S/C29H22N6O12S4.4Na/c36-46-47-48-21-12-16-10-19(6-8-23(16)25(14-21)50(40,41)42)31-28-33-27(30-18-4-2-1-3-5-18)34-29(35-28)32-20-7-9-24-17(11-20)13-22(49(37,38)39)15-26(24)51(43,44)45;;;;/h1-15,36H,(H,37,38,39)(H,40,41,42)(H,43,44,45)(H3,30,31,32,33,34,35);;;;/q;4*+1/p-4. The summed E-state index contributed by atoms with van der Waals surface area (Å²) in [6.45, 7) is 0. The van der Waals surface area contributed by atoms with Gasteiger partial charge in [0.05, 0.1) is 26.7 Å². The van der Waals surface area contributed by atoms with E-state index >= 15 is 0 Å². The second kappa shape index (κ2) is 20.8. The summed E-state index contributed by atoms with van der Waals surface area (Å²) in [6.07, 6.45) is 0. The van der Waals surface area contributed by atoms with Crippen molar-refractivity contribution in [2.24, 2.45) is 0 Å². The van der Waals surface area contributed by atoms with E-state index in [4.69, 9.17) is 0 Å². The van der Waals surface area contributed by atoms with Crippen LogP contribution < -0.4 is 139 Å². The van der Waals surface area contributed by atoms with Crippen LogP contribution in [0.1, 0.15) is 0 Å². The van der Waals surface area contributed by atoms with Crippen molar-refractivity contribution in [2.45, 2.75) is 19.6 Å². The van der Waals surface area contributed by atoms with Crippen molar-refractivity contribution in [3.8, 4) is 0 Å². The number of benzene rings is 5. The van der Waals surface area contributed by atoms with Crippen LogP contribution in [0, 0.1) is 0 Å². The van der Waals surface area contributed by atoms with E-state index in [1.807, 2.05) is 0 Å². The van der Waals surface area contributed by atoms with Gasteiger partial charge >= 0.3 is 118 Å². The smallest absolute Gasteiger partial charge is 0.744 e. The minimum atomic E-state index is -5.18. The summed E-state index contributed by atoms with van der Waals surface area (Å²) >= 11 is 0.387. The Hall–Kier alpha value is -1.01. The molecule has 5 aromatic carbocycles. The van der Waals surface area contributed by atoms with Crippen LogP contribution in [-0.2, 0) is 39.7 Å². The Morgan fingerprint density at radius 3 is 1.44 bits per heavy atom. The van der Waals surface area contributed by atoms with Gasteiger partial charge in [0.15, 0.2) is 0 Å². The van der Waals surface area contributed by atoms with Gasteiger partial charge in [-0.05, 0) is 82.2 Å². The molecule has 0 radical (unpaired) electrons. The van der Waals surface area contributed by atoms with Crippen LogP contribution in [-0.4, -0.2) is 53.9 Å². The number of rotatable bonds is 12. The van der Waals surface area contributed by atoms with Crippen LogP contribution in [0.2, 0.25) is 0 Å². The molecule has 0 saturated carbocycles. The molecular weight excluding hydrogens is 845 g/mol. The molecule has 0 spiro atoms. The molecule has 26 heteroatoms. The first-order valence-corrected chi connectivity index (χ1v) is 18.8. The Balaban J connectivity index is 0.00000261. The average molecular weight is 863 g/mol.